The molecule has 1 fully saturated rings. The van der Waals surface area contributed by atoms with E-state index in [1.807, 2.05) is 30.3 Å². The van der Waals surface area contributed by atoms with E-state index in [2.05, 4.69) is 23.9 Å². The lowest BCUT2D eigenvalue weighted by Crippen LogP contribution is -2.47. The van der Waals surface area contributed by atoms with Crippen molar-refractivity contribution in [3.8, 4) is 17.1 Å². The van der Waals surface area contributed by atoms with Gasteiger partial charge in [-0.1, -0.05) is 23.7 Å². The van der Waals surface area contributed by atoms with Crippen molar-refractivity contribution in [2.75, 3.05) is 37.6 Å². The van der Waals surface area contributed by atoms with Crippen LogP contribution >= 0.6 is 23.1 Å². The number of nitrogens with zero attached hydrogens (tertiary/aromatic N) is 4. The van der Waals surface area contributed by atoms with Crippen LogP contribution in [0.5, 0.6) is 5.75 Å². The zero-order chi connectivity index (χ0) is 20.9. The van der Waals surface area contributed by atoms with E-state index in [1.165, 1.54) is 11.5 Å². The summed E-state index contributed by atoms with van der Waals surface area (Å²) in [6, 6.07) is 14.4. The largest absolute Gasteiger partial charge is 0.435 e. The Labute approximate surface area is 183 Å². The van der Waals surface area contributed by atoms with Gasteiger partial charge in [0.25, 0.3) is 0 Å². The number of anilines is 1. The van der Waals surface area contributed by atoms with Crippen molar-refractivity contribution < 1.29 is 13.5 Å². The molecule has 0 amide bonds. The Hall–Kier alpha value is -2.29. The average molecular weight is 451 g/mol. The highest BCUT2D eigenvalue weighted by Gasteiger charge is 2.20. The summed E-state index contributed by atoms with van der Waals surface area (Å²) >= 11 is 7.36. The molecular formula is C21H21ClF2N4OS. The number of ether oxygens (including phenoxy) is 1. The van der Waals surface area contributed by atoms with Crippen molar-refractivity contribution in [1.82, 2.24) is 14.3 Å². The molecule has 1 aliphatic rings. The Balaban J connectivity index is 1.28. The van der Waals surface area contributed by atoms with E-state index in [-0.39, 0.29) is 5.75 Å². The van der Waals surface area contributed by atoms with E-state index in [9.17, 15) is 8.78 Å². The SMILES string of the molecule is FC(F)Oc1cccc(CCN2CCN(c3nc(-c4ccc(Cl)cc4)ns3)CC2)c1. The standard InChI is InChI=1S/C21H21ClF2N4OS/c22-17-6-4-16(5-7-17)19-25-21(30-26-19)28-12-10-27(11-13-28)9-8-15-2-1-3-18(14-15)29-20(23)24/h1-7,14,20H,8-13H2. The number of piperazine rings is 1. The van der Waals surface area contributed by atoms with Crippen molar-refractivity contribution in [3.05, 3.63) is 59.1 Å². The molecule has 2 heterocycles. The van der Waals surface area contributed by atoms with E-state index in [4.69, 9.17) is 11.6 Å². The van der Waals surface area contributed by atoms with Crippen LogP contribution in [0.1, 0.15) is 5.56 Å². The van der Waals surface area contributed by atoms with Gasteiger partial charge in [-0.15, -0.1) is 0 Å². The summed E-state index contributed by atoms with van der Waals surface area (Å²) < 4.78 is 33.7. The van der Waals surface area contributed by atoms with E-state index < -0.39 is 6.61 Å². The van der Waals surface area contributed by atoms with Crippen molar-refractivity contribution in [2.24, 2.45) is 0 Å². The van der Waals surface area contributed by atoms with Crippen molar-refractivity contribution in [1.29, 1.82) is 0 Å². The van der Waals surface area contributed by atoms with Crippen molar-refractivity contribution in [2.45, 2.75) is 13.0 Å². The Bertz CT molecular complexity index is 962. The Kier molecular flexibility index (Phi) is 6.76. The van der Waals surface area contributed by atoms with Gasteiger partial charge in [-0.25, -0.2) is 0 Å². The molecular weight excluding hydrogens is 430 g/mol. The maximum absolute atomic E-state index is 12.4. The molecule has 4 rings (SSSR count). The van der Waals surface area contributed by atoms with Crippen LogP contribution in [-0.4, -0.2) is 53.6 Å². The third kappa shape index (κ3) is 5.44. The van der Waals surface area contributed by atoms with Crippen LogP contribution in [0.15, 0.2) is 48.5 Å². The summed E-state index contributed by atoms with van der Waals surface area (Å²) in [6.07, 6.45) is 0.792. The lowest BCUT2D eigenvalue weighted by molar-refractivity contribution is -0.0498. The van der Waals surface area contributed by atoms with Crippen LogP contribution in [0, 0.1) is 0 Å². The molecule has 0 N–H and O–H groups in total. The summed E-state index contributed by atoms with van der Waals surface area (Å²) in [6.45, 7) is 1.67. The van der Waals surface area contributed by atoms with Gasteiger partial charge in [0.2, 0.25) is 5.13 Å². The number of hydrogen-bond acceptors (Lipinski definition) is 6. The second-order valence-electron chi connectivity index (χ2n) is 7.01. The third-order valence-corrected chi connectivity index (χ3v) is 6.03. The normalized spacial score (nSPS) is 15.0. The van der Waals surface area contributed by atoms with E-state index in [0.29, 0.717) is 5.02 Å². The molecule has 158 valence electrons. The van der Waals surface area contributed by atoms with E-state index in [0.717, 1.165) is 61.2 Å². The summed E-state index contributed by atoms with van der Waals surface area (Å²) in [5, 5.41) is 1.62. The number of halogens is 3. The van der Waals surface area contributed by atoms with Gasteiger partial charge < -0.3 is 9.64 Å². The molecule has 3 aromatic rings. The number of alkyl halides is 2. The van der Waals surface area contributed by atoms with Gasteiger partial charge in [0, 0.05) is 54.8 Å². The topological polar surface area (TPSA) is 41.5 Å². The highest BCUT2D eigenvalue weighted by atomic mass is 35.5. The quantitative estimate of drug-likeness (QED) is 0.516. The predicted octanol–water partition coefficient (Wildman–Crippen LogP) is 4.82. The highest BCUT2D eigenvalue weighted by molar-refractivity contribution is 7.09. The molecule has 1 aromatic heterocycles. The minimum atomic E-state index is -2.80. The highest BCUT2D eigenvalue weighted by Crippen LogP contribution is 2.26. The van der Waals surface area contributed by atoms with Gasteiger partial charge in [-0.2, -0.15) is 18.1 Å². The smallest absolute Gasteiger partial charge is 0.387 e. The zero-order valence-corrected chi connectivity index (χ0v) is 17.8. The molecule has 1 aliphatic heterocycles. The minimum Gasteiger partial charge on any atom is -0.435 e. The molecule has 9 heteroatoms. The zero-order valence-electron chi connectivity index (χ0n) is 16.2. The maximum Gasteiger partial charge on any atom is 0.387 e. The van der Waals surface area contributed by atoms with Gasteiger partial charge in [0.05, 0.1) is 0 Å². The third-order valence-electron chi connectivity index (χ3n) is 5.00. The predicted molar refractivity (Wildman–Crippen MR) is 116 cm³/mol. The number of rotatable bonds is 7. The lowest BCUT2D eigenvalue weighted by atomic mass is 10.1. The summed E-state index contributed by atoms with van der Waals surface area (Å²) in [4.78, 5) is 9.31. The fourth-order valence-electron chi connectivity index (χ4n) is 3.39. The molecule has 0 bridgehead atoms. The summed E-state index contributed by atoms with van der Waals surface area (Å²) in [7, 11) is 0. The molecule has 2 aromatic carbocycles. The van der Waals surface area contributed by atoms with Crippen LogP contribution in [0.2, 0.25) is 5.02 Å². The first-order valence-corrected chi connectivity index (χ1v) is 10.8. The van der Waals surface area contributed by atoms with Gasteiger partial charge in [0.1, 0.15) is 5.75 Å². The van der Waals surface area contributed by atoms with E-state index >= 15 is 0 Å². The number of aromatic nitrogens is 2. The van der Waals surface area contributed by atoms with E-state index in [1.54, 1.807) is 18.2 Å². The van der Waals surface area contributed by atoms with Gasteiger partial charge in [-0.3, -0.25) is 4.90 Å². The second kappa shape index (κ2) is 9.68. The van der Waals surface area contributed by atoms with Crippen molar-refractivity contribution in [3.63, 3.8) is 0 Å². The molecule has 1 saturated heterocycles. The van der Waals surface area contributed by atoms with Gasteiger partial charge in [-0.05, 0) is 48.4 Å². The first-order valence-electron chi connectivity index (χ1n) is 9.67. The second-order valence-corrected chi connectivity index (χ2v) is 8.18. The molecule has 0 saturated carbocycles. The lowest BCUT2D eigenvalue weighted by Gasteiger charge is -2.34. The molecule has 0 unspecified atom stereocenters. The van der Waals surface area contributed by atoms with Gasteiger partial charge in [0.15, 0.2) is 5.82 Å². The monoisotopic (exact) mass is 450 g/mol. The molecule has 0 spiro atoms. The summed E-state index contributed by atoms with van der Waals surface area (Å²) in [5.74, 6) is 0.931. The Morgan fingerprint density at radius 1 is 1.07 bits per heavy atom. The first kappa shape index (κ1) is 21.0. The Morgan fingerprint density at radius 3 is 2.57 bits per heavy atom. The summed E-state index contributed by atoms with van der Waals surface area (Å²) in [5.41, 5.74) is 1.95. The molecule has 0 atom stereocenters. The molecule has 5 nitrogen and oxygen atoms in total. The van der Waals surface area contributed by atoms with Gasteiger partial charge >= 0.3 is 6.61 Å². The fourth-order valence-corrected chi connectivity index (χ4v) is 4.25. The minimum absolute atomic E-state index is 0.208. The Morgan fingerprint density at radius 2 is 1.83 bits per heavy atom. The first-order chi connectivity index (χ1) is 14.6. The van der Waals surface area contributed by atoms with Crippen molar-refractivity contribution >= 4 is 28.3 Å². The molecule has 30 heavy (non-hydrogen) atoms. The molecule has 0 radical (unpaired) electrons. The molecule has 0 aliphatic carbocycles. The van der Waals surface area contributed by atoms with Crippen LogP contribution in [0.25, 0.3) is 11.4 Å². The van der Waals surface area contributed by atoms with Crippen LogP contribution in [0.3, 0.4) is 0 Å². The van der Waals surface area contributed by atoms with Crippen LogP contribution in [-0.2, 0) is 6.42 Å². The maximum atomic E-state index is 12.4. The van der Waals surface area contributed by atoms with Crippen LogP contribution in [0.4, 0.5) is 13.9 Å². The fraction of sp³-hybridized carbons (Fsp3) is 0.333. The average Bonchev–Trinajstić information content (AvgIpc) is 3.23. The van der Waals surface area contributed by atoms with Crippen LogP contribution < -0.4 is 9.64 Å². The number of hydrogen-bond donors (Lipinski definition) is 0. The number of benzene rings is 2.